The molecule has 0 fully saturated rings. The number of ether oxygens (including phenoxy) is 1. The molecule has 120 valence electrons. The highest BCUT2D eigenvalue weighted by Crippen LogP contribution is 2.52. The van der Waals surface area contributed by atoms with Crippen molar-refractivity contribution in [2.75, 3.05) is 27.7 Å². The highest BCUT2D eigenvalue weighted by Gasteiger charge is 2.42. The predicted molar refractivity (Wildman–Crippen MR) is 88.9 cm³/mol. The Bertz CT molecular complexity index is 811. The van der Waals surface area contributed by atoms with Crippen LogP contribution in [0.5, 0.6) is 17.2 Å². The van der Waals surface area contributed by atoms with Gasteiger partial charge in [-0.25, -0.2) is 0 Å². The lowest BCUT2D eigenvalue weighted by atomic mass is 9.76. The van der Waals surface area contributed by atoms with Crippen molar-refractivity contribution in [3.8, 4) is 28.4 Å². The highest BCUT2D eigenvalue weighted by atomic mass is 16.5. The van der Waals surface area contributed by atoms with Crippen molar-refractivity contribution in [1.82, 2.24) is 0 Å². The summed E-state index contributed by atoms with van der Waals surface area (Å²) in [6.07, 6.45) is 1.84. The Morgan fingerprint density at radius 2 is 1.91 bits per heavy atom. The normalized spacial score (nSPS) is 20.6. The first-order valence-electron chi connectivity index (χ1n) is 8.00. The van der Waals surface area contributed by atoms with Crippen LogP contribution in [0.25, 0.3) is 11.1 Å². The van der Waals surface area contributed by atoms with Crippen LogP contribution in [0, 0.1) is 0 Å². The minimum absolute atomic E-state index is 0.173. The van der Waals surface area contributed by atoms with Crippen LogP contribution in [0.1, 0.15) is 22.7 Å². The number of fused-ring (bicyclic) bond motifs is 2. The molecule has 0 radical (unpaired) electrons. The number of hydrogen-bond acceptors (Lipinski definition) is 3. The molecule has 2 N–H and O–H groups in total. The summed E-state index contributed by atoms with van der Waals surface area (Å²) in [5, 5.41) is 20.8. The van der Waals surface area contributed by atoms with Gasteiger partial charge >= 0.3 is 0 Å². The van der Waals surface area contributed by atoms with Crippen molar-refractivity contribution in [1.29, 1.82) is 0 Å². The van der Waals surface area contributed by atoms with Gasteiger partial charge in [0, 0.05) is 24.0 Å². The lowest BCUT2D eigenvalue weighted by molar-refractivity contribution is -0.923. The quantitative estimate of drug-likeness (QED) is 0.796. The van der Waals surface area contributed by atoms with E-state index in [1.165, 1.54) is 11.1 Å². The fourth-order valence-electron chi connectivity index (χ4n) is 4.22. The largest absolute Gasteiger partial charge is 0.508 e. The summed E-state index contributed by atoms with van der Waals surface area (Å²) in [5.41, 5.74) is 5.36. The molecule has 1 heterocycles. The monoisotopic (exact) mass is 312 g/mol. The minimum Gasteiger partial charge on any atom is -0.508 e. The highest BCUT2D eigenvalue weighted by molar-refractivity contribution is 5.83. The number of rotatable bonds is 1. The first kappa shape index (κ1) is 14.4. The number of benzene rings is 2. The van der Waals surface area contributed by atoms with Crippen molar-refractivity contribution in [2.24, 2.45) is 0 Å². The predicted octanol–water partition coefficient (Wildman–Crippen LogP) is 3.00. The van der Waals surface area contributed by atoms with E-state index in [0.29, 0.717) is 11.8 Å². The number of likely N-dealkylation sites (N-methyl/N-ethyl adjacent to an activating group) is 1. The number of phenolic OH excluding ortho intramolecular Hbond substituents is 2. The van der Waals surface area contributed by atoms with Crippen LogP contribution in [0.4, 0.5) is 0 Å². The molecule has 0 aromatic heterocycles. The fraction of sp³-hybridized carbons (Fsp3) is 0.368. The van der Waals surface area contributed by atoms with E-state index in [1.807, 2.05) is 18.2 Å². The fourth-order valence-corrected chi connectivity index (χ4v) is 4.22. The molecule has 4 heteroatoms. The van der Waals surface area contributed by atoms with E-state index < -0.39 is 0 Å². The van der Waals surface area contributed by atoms with E-state index >= 15 is 0 Å². The minimum atomic E-state index is 0.173. The van der Waals surface area contributed by atoms with Gasteiger partial charge in [-0.3, -0.25) is 0 Å². The first-order valence-corrected chi connectivity index (χ1v) is 8.00. The molecule has 0 spiro atoms. The van der Waals surface area contributed by atoms with E-state index in [9.17, 15) is 10.2 Å². The Balaban J connectivity index is 2.06. The van der Waals surface area contributed by atoms with Gasteiger partial charge in [0.05, 0.1) is 27.7 Å². The zero-order valence-electron chi connectivity index (χ0n) is 13.8. The van der Waals surface area contributed by atoms with E-state index in [-0.39, 0.29) is 11.5 Å². The number of phenols is 2. The van der Waals surface area contributed by atoms with Crippen molar-refractivity contribution in [3.63, 3.8) is 0 Å². The van der Waals surface area contributed by atoms with E-state index in [0.717, 1.165) is 40.6 Å². The van der Waals surface area contributed by atoms with Gasteiger partial charge in [0.15, 0.2) is 11.5 Å². The third kappa shape index (κ3) is 1.94. The van der Waals surface area contributed by atoms with E-state index in [1.54, 1.807) is 13.2 Å². The second-order valence-corrected chi connectivity index (χ2v) is 7.19. The lowest BCUT2D eigenvalue weighted by Crippen LogP contribution is -2.49. The molecule has 2 aromatic rings. The average molecular weight is 312 g/mol. The number of quaternary nitrogens is 1. The SMILES string of the molecule is COc1ccc2c(c1O)-c1cc(O)cc3c1[C@@H](C2)[N+](C)(C)CC3. The summed E-state index contributed by atoms with van der Waals surface area (Å²) in [4.78, 5) is 0. The first-order chi connectivity index (χ1) is 10.9. The number of methoxy groups -OCH3 is 1. The van der Waals surface area contributed by atoms with Gasteiger partial charge in [0.25, 0.3) is 0 Å². The summed E-state index contributed by atoms with van der Waals surface area (Å²) in [5.74, 6) is 0.913. The Kier molecular flexibility index (Phi) is 2.91. The standard InChI is InChI=1S/C19H21NO3/c1-20(2)7-6-12-8-13(21)10-14-17(12)15(20)9-11-4-5-16(23-3)19(22)18(11)14/h4-5,8,10,15H,6-7,9H2,1-3H3,(H-,21,22)/p+1/t15-/m1/s1. The molecule has 4 rings (SSSR count). The Morgan fingerprint density at radius 3 is 2.65 bits per heavy atom. The van der Waals surface area contributed by atoms with Crippen molar-refractivity contribution in [2.45, 2.75) is 18.9 Å². The van der Waals surface area contributed by atoms with Gasteiger partial charge in [-0.15, -0.1) is 0 Å². The summed E-state index contributed by atoms with van der Waals surface area (Å²) in [6, 6.07) is 7.89. The Labute approximate surface area is 136 Å². The molecule has 1 aliphatic carbocycles. The van der Waals surface area contributed by atoms with Crippen LogP contribution < -0.4 is 4.74 Å². The molecule has 23 heavy (non-hydrogen) atoms. The Hall–Kier alpha value is -2.20. The van der Waals surface area contributed by atoms with Gasteiger partial charge in [-0.1, -0.05) is 6.07 Å². The van der Waals surface area contributed by atoms with Crippen molar-refractivity contribution < 1.29 is 19.4 Å². The zero-order valence-corrected chi connectivity index (χ0v) is 13.8. The van der Waals surface area contributed by atoms with Gasteiger partial charge < -0.3 is 19.4 Å². The molecule has 0 amide bonds. The molecule has 2 aromatic carbocycles. The van der Waals surface area contributed by atoms with E-state index in [2.05, 4.69) is 14.1 Å². The maximum absolute atomic E-state index is 10.7. The summed E-state index contributed by atoms with van der Waals surface area (Å²) in [7, 11) is 6.09. The zero-order chi connectivity index (χ0) is 16.4. The van der Waals surface area contributed by atoms with Crippen molar-refractivity contribution >= 4 is 0 Å². The third-order valence-corrected chi connectivity index (χ3v) is 5.51. The van der Waals surface area contributed by atoms with Gasteiger partial charge in [0.2, 0.25) is 0 Å². The molecule has 2 aliphatic rings. The van der Waals surface area contributed by atoms with Crippen LogP contribution in [0.3, 0.4) is 0 Å². The van der Waals surface area contributed by atoms with Crippen LogP contribution >= 0.6 is 0 Å². The molecular formula is C19H22NO3+. The second-order valence-electron chi connectivity index (χ2n) is 7.19. The molecule has 1 atom stereocenters. The topological polar surface area (TPSA) is 49.7 Å². The van der Waals surface area contributed by atoms with Crippen LogP contribution in [0.2, 0.25) is 0 Å². The molecule has 1 aliphatic heterocycles. The molecule has 0 bridgehead atoms. The summed E-state index contributed by atoms with van der Waals surface area (Å²) >= 11 is 0. The molecule has 0 unspecified atom stereocenters. The van der Waals surface area contributed by atoms with E-state index in [4.69, 9.17) is 4.74 Å². The number of aromatic hydroxyl groups is 2. The van der Waals surface area contributed by atoms with Gasteiger partial charge in [-0.2, -0.15) is 0 Å². The Morgan fingerprint density at radius 1 is 1.13 bits per heavy atom. The van der Waals surface area contributed by atoms with Gasteiger partial charge in [-0.05, 0) is 34.9 Å². The number of hydrogen-bond donors (Lipinski definition) is 2. The maximum atomic E-state index is 10.7. The molecular weight excluding hydrogens is 290 g/mol. The van der Waals surface area contributed by atoms with Gasteiger partial charge in [0.1, 0.15) is 11.8 Å². The second kappa shape index (κ2) is 4.65. The summed E-state index contributed by atoms with van der Waals surface area (Å²) in [6.45, 7) is 1.05. The lowest BCUT2D eigenvalue weighted by Gasteiger charge is -2.45. The molecule has 0 saturated heterocycles. The number of nitrogens with zero attached hydrogens (tertiary/aromatic N) is 1. The molecule has 4 nitrogen and oxygen atoms in total. The maximum Gasteiger partial charge on any atom is 0.165 e. The van der Waals surface area contributed by atoms with Crippen LogP contribution in [-0.4, -0.2) is 42.4 Å². The third-order valence-electron chi connectivity index (χ3n) is 5.51. The smallest absolute Gasteiger partial charge is 0.165 e. The molecule has 0 saturated carbocycles. The van der Waals surface area contributed by atoms with Crippen LogP contribution in [0.15, 0.2) is 24.3 Å². The average Bonchev–Trinajstić information content (AvgIpc) is 2.50. The van der Waals surface area contributed by atoms with Crippen LogP contribution in [-0.2, 0) is 12.8 Å². The summed E-state index contributed by atoms with van der Waals surface area (Å²) < 4.78 is 6.21. The van der Waals surface area contributed by atoms with Crippen molar-refractivity contribution in [3.05, 3.63) is 41.0 Å².